The van der Waals surface area contributed by atoms with E-state index in [1.807, 2.05) is 34.1 Å². The van der Waals surface area contributed by atoms with Crippen LogP contribution < -0.4 is 4.74 Å². The maximum atomic E-state index is 12.9. The first-order valence-corrected chi connectivity index (χ1v) is 10.4. The van der Waals surface area contributed by atoms with Crippen molar-refractivity contribution in [3.05, 3.63) is 29.8 Å². The Morgan fingerprint density at radius 2 is 1.82 bits per heavy atom. The van der Waals surface area contributed by atoms with Gasteiger partial charge in [-0.3, -0.25) is 9.59 Å². The molecule has 0 aromatic heterocycles. The molecule has 154 valence electrons. The molecule has 3 rings (SSSR count). The van der Waals surface area contributed by atoms with Crippen LogP contribution in [0.1, 0.15) is 43.5 Å². The van der Waals surface area contributed by atoms with Crippen LogP contribution in [0.5, 0.6) is 5.75 Å². The van der Waals surface area contributed by atoms with Crippen LogP contribution in [0.25, 0.3) is 0 Å². The number of hydrogen-bond acceptors (Lipinski definition) is 4. The first-order chi connectivity index (χ1) is 13.5. The van der Waals surface area contributed by atoms with Crippen LogP contribution in [-0.4, -0.2) is 67.6 Å². The van der Waals surface area contributed by atoms with E-state index in [-0.39, 0.29) is 17.7 Å². The Hall–Kier alpha value is -2.08. The van der Waals surface area contributed by atoms with Crippen molar-refractivity contribution in [2.45, 2.75) is 33.1 Å². The minimum absolute atomic E-state index is 0.00629. The van der Waals surface area contributed by atoms with Gasteiger partial charge in [0, 0.05) is 31.7 Å². The number of piperidine rings is 1. The molecular weight excluding hydrogens is 356 g/mol. The molecule has 0 saturated carbocycles. The Morgan fingerprint density at radius 3 is 2.50 bits per heavy atom. The summed E-state index contributed by atoms with van der Waals surface area (Å²) in [6.45, 7) is 8.74. The molecule has 1 atom stereocenters. The zero-order valence-corrected chi connectivity index (χ0v) is 17.1. The van der Waals surface area contributed by atoms with Gasteiger partial charge in [0.25, 0.3) is 5.91 Å². The number of ether oxygens (including phenoxy) is 2. The molecule has 28 heavy (non-hydrogen) atoms. The molecule has 2 fully saturated rings. The first-order valence-electron chi connectivity index (χ1n) is 10.4. The van der Waals surface area contributed by atoms with Gasteiger partial charge in [-0.25, -0.2) is 0 Å². The fraction of sp³-hybridized carbons (Fsp3) is 0.636. The zero-order chi connectivity index (χ0) is 19.9. The Kier molecular flexibility index (Phi) is 7.31. The van der Waals surface area contributed by atoms with E-state index in [4.69, 9.17) is 9.47 Å². The number of rotatable bonds is 6. The lowest BCUT2D eigenvalue weighted by Crippen LogP contribution is -2.49. The fourth-order valence-corrected chi connectivity index (χ4v) is 3.69. The third-order valence-corrected chi connectivity index (χ3v) is 5.45. The first kappa shape index (κ1) is 20.6. The smallest absolute Gasteiger partial charge is 0.253 e. The normalized spacial score (nSPS) is 20.3. The summed E-state index contributed by atoms with van der Waals surface area (Å²) >= 11 is 0. The van der Waals surface area contributed by atoms with Crippen LogP contribution in [0.15, 0.2) is 24.3 Å². The number of carbonyl (C=O) groups excluding carboxylic acids is 2. The minimum atomic E-state index is -0.102. The predicted octanol–water partition coefficient (Wildman–Crippen LogP) is 2.82. The molecule has 2 heterocycles. The van der Waals surface area contributed by atoms with Gasteiger partial charge < -0.3 is 19.3 Å². The molecular formula is C22H32N2O4. The zero-order valence-electron chi connectivity index (χ0n) is 17.1. The fourth-order valence-electron chi connectivity index (χ4n) is 3.69. The Balaban J connectivity index is 1.55. The quantitative estimate of drug-likeness (QED) is 0.752. The molecule has 2 saturated heterocycles. The lowest BCUT2D eigenvalue weighted by atomic mass is 9.95. The van der Waals surface area contributed by atoms with E-state index in [1.54, 1.807) is 0 Å². The summed E-state index contributed by atoms with van der Waals surface area (Å²) in [5, 5.41) is 0. The van der Waals surface area contributed by atoms with E-state index >= 15 is 0 Å². The van der Waals surface area contributed by atoms with Gasteiger partial charge in [-0.05, 0) is 49.4 Å². The number of hydrogen-bond donors (Lipinski definition) is 0. The van der Waals surface area contributed by atoms with Crippen molar-refractivity contribution in [2.24, 2.45) is 11.8 Å². The molecule has 2 aliphatic rings. The van der Waals surface area contributed by atoms with Crippen molar-refractivity contribution < 1.29 is 19.1 Å². The Labute approximate surface area is 167 Å². The Bertz CT molecular complexity index is 653. The molecule has 0 bridgehead atoms. The standard InChI is InChI=1S/C22H32N2O4/c1-17(2)9-13-28-20-7-5-18(6-8-20)21(25)24-10-3-4-19(16-24)22(26)23-11-14-27-15-12-23/h5-8,17,19H,3-4,9-16H2,1-2H3. The van der Waals surface area contributed by atoms with Gasteiger partial charge in [0.15, 0.2) is 0 Å². The van der Waals surface area contributed by atoms with Crippen molar-refractivity contribution in [3.63, 3.8) is 0 Å². The van der Waals surface area contributed by atoms with Crippen molar-refractivity contribution in [2.75, 3.05) is 46.0 Å². The number of likely N-dealkylation sites (tertiary alicyclic amines) is 1. The largest absolute Gasteiger partial charge is 0.494 e. The van der Waals surface area contributed by atoms with E-state index in [0.717, 1.165) is 25.0 Å². The highest BCUT2D eigenvalue weighted by Crippen LogP contribution is 2.22. The van der Waals surface area contributed by atoms with Crippen LogP contribution >= 0.6 is 0 Å². The minimum Gasteiger partial charge on any atom is -0.494 e. The second-order valence-corrected chi connectivity index (χ2v) is 8.08. The third-order valence-electron chi connectivity index (χ3n) is 5.45. The van der Waals surface area contributed by atoms with Crippen molar-refractivity contribution in [1.82, 2.24) is 9.80 Å². The van der Waals surface area contributed by atoms with Crippen LogP contribution in [-0.2, 0) is 9.53 Å². The van der Waals surface area contributed by atoms with Crippen molar-refractivity contribution in [1.29, 1.82) is 0 Å². The van der Waals surface area contributed by atoms with E-state index in [1.165, 1.54) is 0 Å². The molecule has 6 nitrogen and oxygen atoms in total. The highest BCUT2D eigenvalue weighted by molar-refractivity contribution is 5.94. The molecule has 0 spiro atoms. The molecule has 1 aromatic rings. The average Bonchev–Trinajstić information content (AvgIpc) is 2.73. The van der Waals surface area contributed by atoms with Gasteiger partial charge in [-0.1, -0.05) is 13.8 Å². The molecule has 2 amide bonds. The topological polar surface area (TPSA) is 59.1 Å². The van der Waals surface area contributed by atoms with Gasteiger partial charge in [-0.2, -0.15) is 0 Å². The van der Waals surface area contributed by atoms with E-state index in [0.29, 0.717) is 57.5 Å². The predicted molar refractivity (Wildman–Crippen MR) is 107 cm³/mol. The monoisotopic (exact) mass is 388 g/mol. The number of benzene rings is 1. The van der Waals surface area contributed by atoms with Gasteiger partial charge in [0.05, 0.1) is 25.7 Å². The van der Waals surface area contributed by atoms with Gasteiger partial charge >= 0.3 is 0 Å². The lowest BCUT2D eigenvalue weighted by molar-refractivity contribution is -0.141. The summed E-state index contributed by atoms with van der Waals surface area (Å²) in [5.74, 6) is 1.45. The van der Waals surface area contributed by atoms with Crippen LogP contribution in [0.2, 0.25) is 0 Å². The summed E-state index contributed by atoms with van der Waals surface area (Å²) in [7, 11) is 0. The van der Waals surface area contributed by atoms with Gasteiger partial charge in [-0.15, -0.1) is 0 Å². The van der Waals surface area contributed by atoms with Gasteiger partial charge in [0.2, 0.25) is 5.91 Å². The lowest BCUT2D eigenvalue weighted by Gasteiger charge is -2.36. The summed E-state index contributed by atoms with van der Waals surface area (Å²) in [4.78, 5) is 29.4. The summed E-state index contributed by atoms with van der Waals surface area (Å²) in [6.07, 6.45) is 2.72. The van der Waals surface area contributed by atoms with Crippen molar-refractivity contribution in [3.8, 4) is 5.75 Å². The summed E-state index contributed by atoms with van der Waals surface area (Å²) < 4.78 is 11.1. The van der Waals surface area contributed by atoms with Crippen LogP contribution in [0.4, 0.5) is 0 Å². The number of amides is 2. The summed E-state index contributed by atoms with van der Waals surface area (Å²) in [6, 6.07) is 7.35. The van der Waals surface area contributed by atoms with E-state index in [9.17, 15) is 9.59 Å². The second kappa shape index (κ2) is 9.92. The molecule has 0 radical (unpaired) electrons. The Morgan fingerprint density at radius 1 is 1.11 bits per heavy atom. The van der Waals surface area contributed by atoms with E-state index < -0.39 is 0 Å². The number of carbonyl (C=O) groups is 2. The molecule has 1 aromatic carbocycles. The van der Waals surface area contributed by atoms with Crippen LogP contribution in [0.3, 0.4) is 0 Å². The molecule has 0 N–H and O–H groups in total. The third kappa shape index (κ3) is 5.47. The molecule has 0 aliphatic carbocycles. The summed E-state index contributed by atoms with van der Waals surface area (Å²) in [5.41, 5.74) is 0.649. The van der Waals surface area contributed by atoms with Crippen LogP contribution in [0, 0.1) is 11.8 Å². The molecule has 2 aliphatic heterocycles. The SMILES string of the molecule is CC(C)CCOc1ccc(C(=O)N2CCCC(C(=O)N3CCOCC3)C2)cc1. The molecule has 6 heteroatoms. The number of nitrogens with zero attached hydrogens (tertiary/aromatic N) is 2. The average molecular weight is 389 g/mol. The maximum absolute atomic E-state index is 12.9. The highest BCUT2D eigenvalue weighted by atomic mass is 16.5. The molecule has 1 unspecified atom stereocenters. The number of morpholine rings is 1. The van der Waals surface area contributed by atoms with Gasteiger partial charge in [0.1, 0.15) is 5.75 Å². The maximum Gasteiger partial charge on any atom is 0.253 e. The highest BCUT2D eigenvalue weighted by Gasteiger charge is 2.32. The van der Waals surface area contributed by atoms with Crippen molar-refractivity contribution >= 4 is 11.8 Å². The van der Waals surface area contributed by atoms with E-state index in [2.05, 4.69) is 13.8 Å². The second-order valence-electron chi connectivity index (χ2n) is 8.08.